The molecule has 29 heavy (non-hydrogen) atoms. The van der Waals surface area contributed by atoms with Crippen LogP contribution in [0.5, 0.6) is 5.75 Å². The minimum atomic E-state index is 0.836. The first-order valence-corrected chi connectivity index (χ1v) is 10.5. The maximum absolute atomic E-state index is 5.43. The van der Waals surface area contributed by atoms with Crippen molar-refractivity contribution in [2.24, 2.45) is 4.99 Å². The number of ether oxygens (including phenoxy) is 1. The Balaban J connectivity index is 1.85. The van der Waals surface area contributed by atoms with Gasteiger partial charge in [0.1, 0.15) is 17.4 Å². The van der Waals surface area contributed by atoms with Crippen LogP contribution in [0, 0.1) is 6.92 Å². The van der Waals surface area contributed by atoms with E-state index in [0.717, 1.165) is 41.6 Å². The molecule has 0 amide bonds. The highest BCUT2D eigenvalue weighted by Crippen LogP contribution is 2.30. The standard InChI is InChI=1S/C24H34N4O/c1-6-21(22-18-20(29-5)11-10-19(22)2)24-25-23(12-15-27(24)4)26(3)16-17-28-13-8-7-9-14-28/h6,10-12,15,18H,1,7-9,13-14,16-17H2,2-5H3/b24-21+. The van der Waals surface area contributed by atoms with Crippen LogP contribution in [-0.2, 0) is 0 Å². The molecule has 0 atom stereocenters. The van der Waals surface area contributed by atoms with E-state index in [4.69, 9.17) is 9.73 Å². The second-order valence-electron chi connectivity index (χ2n) is 7.84. The highest BCUT2D eigenvalue weighted by Gasteiger charge is 2.18. The van der Waals surface area contributed by atoms with Crippen molar-refractivity contribution in [2.45, 2.75) is 26.2 Å². The van der Waals surface area contributed by atoms with Crippen molar-refractivity contribution in [1.29, 1.82) is 0 Å². The second kappa shape index (κ2) is 9.79. The van der Waals surface area contributed by atoms with Gasteiger partial charge in [0.25, 0.3) is 0 Å². The number of likely N-dealkylation sites (tertiary alicyclic amines) is 1. The quantitative estimate of drug-likeness (QED) is 0.726. The van der Waals surface area contributed by atoms with Gasteiger partial charge < -0.3 is 19.4 Å². The van der Waals surface area contributed by atoms with E-state index >= 15 is 0 Å². The van der Waals surface area contributed by atoms with Crippen LogP contribution in [0.1, 0.15) is 30.4 Å². The Morgan fingerprint density at radius 1 is 1.28 bits per heavy atom. The number of benzene rings is 1. The summed E-state index contributed by atoms with van der Waals surface area (Å²) < 4.78 is 5.43. The summed E-state index contributed by atoms with van der Waals surface area (Å²) in [4.78, 5) is 11.9. The van der Waals surface area contributed by atoms with Crippen molar-refractivity contribution in [2.75, 3.05) is 47.4 Å². The number of rotatable bonds is 6. The summed E-state index contributed by atoms with van der Waals surface area (Å²) in [6.07, 6.45) is 10.1. The Kier molecular flexibility index (Phi) is 7.15. The summed E-state index contributed by atoms with van der Waals surface area (Å²) >= 11 is 0. The smallest absolute Gasteiger partial charge is 0.142 e. The topological polar surface area (TPSA) is 31.3 Å². The maximum Gasteiger partial charge on any atom is 0.142 e. The summed E-state index contributed by atoms with van der Waals surface area (Å²) in [6.45, 7) is 10.7. The molecule has 1 aromatic carbocycles. The van der Waals surface area contributed by atoms with Gasteiger partial charge >= 0.3 is 0 Å². The molecule has 5 heteroatoms. The van der Waals surface area contributed by atoms with E-state index in [1.54, 1.807) is 7.11 Å². The number of piperidine rings is 1. The molecule has 2 aliphatic rings. The van der Waals surface area contributed by atoms with Gasteiger partial charge in [-0.05, 0) is 62.2 Å². The summed E-state index contributed by atoms with van der Waals surface area (Å²) in [6, 6.07) is 6.12. The Morgan fingerprint density at radius 3 is 2.72 bits per heavy atom. The van der Waals surface area contributed by atoms with Gasteiger partial charge in [-0.15, -0.1) is 0 Å². The van der Waals surface area contributed by atoms with Gasteiger partial charge in [0.05, 0.1) is 7.11 Å². The monoisotopic (exact) mass is 394 g/mol. The Bertz CT molecular complexity index is 818. The molecular formula is C24H34N4O. The van der Waals surface area contributed by atoms with Gasteiger partial charge in [0.15, 0.2) is 0 Å². The molecule has 5 nitrogen and oxygen atoms in total. The molecule has 0 saturated carbocycles. The van der Waals surface area contributed by atoms with E-state index < -0.39 is 0 Å². The van der Waals surface area contributed by atoms with Gasteiger partial charge in [0.2, 0.25) is 0 Å². The van der Waals surface area contributed by atoms with E-state index in [0.29, 0.717) is 0 Å². The van der Waals surface area contributed by atoms with Gasteiger partial charge in [-0.3, -0.25) is 0 Å². The molecule has 2 heterocycles. The lowest BCUT2D eigenvalue weighted by molar-refractivity contribution is 0.216. The zero-order valence-corrected chi connectivity index (χ0v) is 18.3. The molecule has 0 N–H and O–H groups in total. The molecule has 1 saturated heterocycles. The molecule has 3 rings (SSSR count). The lowest BCUT2D eigenvalue weighted by atomic mass is 9.99. The zero-order chi connectivity index (χ0) is 20.8. The van der Waals surface area contributed by atoms with Crippen LogP contribution in [-0.4, -0.2) is 67.9 Å². The average Bonchev–Trinajstić information content (AvgIpc) is 2.75. The largest absolute Gasteiger partial charge is 0.497 e. The van der Waals surface area contributed by atoms with E-state index in [1.165, 1.54) is 37.9 Å². The maximum atomic E-state index is 5.43. The highest BCUT2D eigenvalue weighted by molar-refractivity contribution is 5.95. The lowest BCUT2D eigenvalue weighted by Crippen LogP contribution is -2.39. The van der Waals surface area contributed by atoms with Crippen LogP contribution < -0.4 is 4.74 Å². The minimum absolute atomic E-state index is 0.836. The summed E-state index contributed by atoms with van der Waals surface area (Å²) in [7, 11) is 5.84. The highest BCUT2D eigenvalue weighted by atomic mass is 16.5. The molecule has 0 radical (unpaired) electrons. The number of aryl methyl sites for hydroxylation is 1. The number of hydrogen-bond donors (Lipinski definition) is 0. The van der Waals surface area contributed by atoms with Crippen molar-refractivity contribution in [1.82, 2.24) is 14.7 Å². The van der Waals surface area contributed by atoms with Crippen molar-refractivity contribution in [3.8, 4) is 5.75 Å². The molecule has 0 bridgehead atoms. The SMILES string of the molecule is C=C/C(=C1/N=C(N(C)CCN2CCCCC2)C=CN1C)c1cc(OC)ccc1C. The lowest BCUT2D eigenvalue weighted by Gasteiger charge is -2.31. The third kappa shape index (κ3) is 5.10. The number of aliphatic imine (C=N–C) groups is 1. The molecule has 0 aromatic heterocycles. The Hall–Kier alpha value is -2.53. The average molecular weight is 395 g/mol. The molecule has 0 unspecified atom stereocenters. The molecule has 1 aromatic rings. The van der Waals surface area contributed by atoms with Gasteiger partial charge in [-0.2, -0.15) is 0 Å². The fourth-order valence-corrected chi connectivity index (χ4v) is 3.87. The molecular weight excluding hydrogens is 360 g/mol. The van der Waals surface area contributed by atoms with E-state index in [-0.39, 0.29) is 0 Å². The molecule has 0 aliphatic carbocycles. The van der Waals surface area contributed by atoms with Crippen molar-refractivity contribution in [3.05, 3.63) is 60.1 Å². The van der Waals surface area contributed by atoms with E-state index in [1.807, 2.05) is 19.2 Å². The van der Waals surface area contributed by atoms with Crippen molar-refractivity contribution >= 4 is 11.4 Å². The van der Waals surface area contributed by atoms with Crippen molar-refractivity contribution < 1.29 is 4.74 Å². The van der Waals surface area contributed by atoms with E-state index in [9.17, 15) is 0 Å². The van der Waals surface area contributed by atoms with Crippen LogP contribution in [0.25, 0.3) is 5.57 Å². The third-order valence-corrected chi connectivity index (χ3v) is 5.77. The number of likely N-dealkylation sites (N-methyl/N-ethyl adjacent to an activating group) is 1. The van der Waals surface area contributed by atoms with Gasteiger partial charge in [-0.25, -0.2) is 4.99 Å². The van der Waals surface area contributed by atoms with Gasteiger partial charge in [-0.1, -0.05) is 25.1 Å². The molecule has 156 valence electrons. The first-order valence-electron chi connectivity index (χ1n) is 10.5. The molecule has 0 spiro atoms. The molecule has 1 fully saturated rings. The summed E-state index contributed by atoms with van der Waals surface area (Å²) in [5, 5.41) is 0. The van der Waals surface area contributed by atoms with E-state index in [2.05, 4.69) is 59.7 Å². The molecule has 2 aliphatic heterocycles. The number of hydrogen-bond acceptors (Lipinski definition) is 5. The number of amidine groups is 1. The van der Waals surface area contributed by atoms with Gasteiger partial charge in [0, 0.05) is 39.0 Å². The second-order valence-corrected chi connectivity index (χ2v) is 7.84. The fraction of sp³-hybridized carbons (Fsp3) is 0.458. The number of allylic oxidation sites excluding steroid dienone is 2. The van der Waals surface area contributed by atoms with Crippen LogP contribution in [0.4, 0.5) is 0 Å². The third-order valence-electron chi connectivity index (χ3n) is 5.77. The zero-order valence-electron chi connectivity index (χ0n) is 18.3. The fourth-order valence-electron chi connectivity index (χ4n) is 3.87. The van der Waals surface area contributed by atoms with Crippen molar-refractivity contribution in [3.63, 3.8) is 0 Å². The Morgan fingerprint density at radius 2 is 2.03 bits per heavy atom. The van der Waals surface area contributed by atoms with Crippen LogP contribution in [0.2, 0.25) is 0 Å². The normalized spacial score (nSPS) is 19.0. The van der Waals surface area contributed by atoms with Crippen LogP contribution in [0.15, 0.2) is 53.9 Å². The first kappa shape index (κ1) is 21.2. The summed E-state index contributed by atoms with van der Waals surface area (Å²) in [5.74, 6) is 2.72. The Labute approximate surface area is 175 Å². The number of nitrogens with zero attached hydrogens (tertiary/aromatic N) is 4. The first-order chi connectivity index (χ1) is 14.0. The number of methoxy groups -OCH3 is 1. The predicted octanol–water partition coefficient (Wildman–Crippen LogP) is 4.13. The summed E-state index contributed by atoms with van der Waals surface area (Å²) in [5.41, 5.74) is 3.28. The predicted molar refractivity (Wildman–Crippen MR) is 122 cm³/mol. The van der Waals surface area contributed by atoms with Crippen LogP contribution >= 0.6 is 0 Å². The minimum Gasteiger partial charge on any atom is -0.497 e. The van der Waals surface area contributed by atoms with Crippen LogP contribution in [0.3, 0.4) is 0 Å².